The van der Waals surface area contributed by atoms with E-state index in [1.54, 1.807) is 16.2 Å². The van der Waals surface area contributed by atoms with Crippen molar-refractivity contribution < 1.29 is 18.3 Å². The Labute approximate surface area is 206 Å². The fourth-order valence-corrected chi connectivity index (χ4v) is 5.12. The lowest BCUT2D eigenvalue weighted by molar-refractivity contribution is 0.0838. The number of nitrogens with zero attached hydrogens (tertiary/aromatic N) is 3. The van der Waals surface area contributed by atoms with Gasteiger partial charge in [-0.15, -0.1) is 11.3 Å². The van der Waals surface area contributed by atoms with Crippen molar-refractivity contribution in [1.29, 1.82) is 0 Å². The third kappa shape index (κ3) is 5.36. The molecule has 2 amide bonds. The molecule has 3 heterocycles. The number of rotatable bonds is 7. The zero-order chi connectivity index (χ0) is 24.4. The maximum absolute atomic E-state index is 14.1. The summed E-state index contributed by atoms with van der Waals surface area (Å²) >= 11 is 1.55. The van der Waals surface area contributed by atoms with Crippen molar-refractivity contribution in [2.24, 2.45) is 0 Å². The molecular formula is C26H26F2N4O2S. The monoisotopic (exact) mass is 496 g/mol. The van der Waals surface area contributed by atoms with Crippen molar-refractivity contribution in [2.75, 3.05) is 25.0 Å². The molecule has 0 saturated carbocycles. The normalized spacial score (nSPS) is 15.6. The number of nitrogens with one attached hydrogen (secondary N) is 1. The average molecular weight is 497 g/mol. The Balaban J connectivity index is 1.32. The van der Waals surface area contributed by atoms with Gasteiger partial charge < -0.3 is 15.0 Å². The quantitative estimate of drug-likeness (QED) is 0.346. The van der Waals surface area contributed by atoms with Crippen LogP contribution in [0.3, 0.4) is 0 Å². The number of ether oxygens (including phenoxy) is 1. The molecule has 1 aliphatic rings. The first-order valence-corrected chi connectivity index (χ1v) is 12.5. The van der Waals surface area contributed by atoms with E-state index < -0.39 is 17.7 Å². The van der Waals surface area contributed by atoms with Gasteiger partial charge in [-0.1, -0.05) is 29.8 Å². The number of halogens is 2. The molecule has 0 radical (unpaired) electrons. The molecular weight excluding hydrogens is 470 g/mol. The lowest BCUT2D eigenvalue weighted by Crippen LogP contribution is -2.41. The SMILES string of the molecule is Cc1ccc(-c2cn3c(CCN(CC4CCCO4)C(=O)Nc4ccc(F)cc4F)csc3n2)cc1. The highest BCUT2D eigenvalue weighted by atomic mass is 32.1. The Morgan fingerprint density at radius 3 is 2.83 bits per heavy atom. The van der Waals surface area contributed by atoms with Crippen LogP contribution in [0.4, 0.5) is 19.3 Å². The van der Waals surface area contributed by atoms with Gasteiger partial charge in [-0.2, -0.15) is 0 Å². The molecule has 6 nitrogen and oxygen atoms in total. The molecule has 1 atom stereocenters. The van der Waals surface area contributed by atoms with Crippen molar-refractivity contribution >= 4 is 28.0 Å². The number of urea groups is 1. The standard InChI is InChI=1S/C26H26F2N4O2S/c1-17-4-6-18(7-5-17)24-15-32-20(16-35-26(32)30-24)10-11-31(14-21-3-2-12-34-21)25(33)29-23-9-8-19(27)13-22(23)28/h4-9,13,15-16,21H,2-3,10-12,14H2,1H3,(H,29,33). The van der Waals surface area contributed by atoms with Crippen molar-refractivity contribution in [3.8, 4) is 11.3 Å². The van der Waals surface area contributed by atoms with E-state index in [0.29, 0.717) is 26.1 Å². The third-order valence-electron chi connectivity index (χ3n) is 6.18. The minimum atomic E-state index is -0.808. The van der Waals surface area contributed by atoms with E-state index in [-0.39, 0.29) is 11.8 Å². The molecule has 0 bridgehead atoms. The number of aryl methyl sites for hydroxylation is 1. The number of hydrogen-bond acceptors (Lipinski definition) is 4. The van der Waals surface area contributed by atoms with Gasteiger partial charge in [0.25, 0.3) is 0 Å². The summed E-state index contributed by atoms with van der Waals surface area (Å²) in [6, 6.07) is 10.9. The number of imidazole rings is 1. The van der Waals surface area contributed by atoms with Crippen molar-refractivity contribution in [1.82, 2.24) is 14.3 Å². The van der Waals surface area contributed by atoms with E-state index in [9.17, 15) is 13.6 Å². The van der Waals surface area contributed by atoms with Crippen LogP contribution < -0.4 is 5.32 Å². The molecule has 1 unspecified atom stereocenters. The van der Waals surface area contributed by atoms with E-state index in [4.69, 9.17) is 9.72 Å². The number of amides is 2. The number of benzene rings is 2. The summed E-state index contributed by atoms with van der Waals surface area (Å²) in [5.41, 5.74) is 4.13. The van der Waals surface area contributed by atoms with E-state index in [1.807, 2.05) is 11.6 Å². The van der Waals surface area contributed by atoms with Gasteiger partial charge in [0.2, 0.25) is 0 Å². The van der Waals surface area contributed by atoms with Gasteiger partial charge in [-0.3, -0.25) is 4.40 Å². The lowest BCUT2D eigenvalue weighted by Gasteiger charge is -2.26. The maximum atomic E-state index is 14.1. The first-order chi connectivity index (χ1) is 17.0. The summed E-state index contributed by atoms with van der Waals surface area (Å²) in [5, 5.41) is 4.63. The molecule has 0 aliphatic carbocycles. The van der Waals surface area contributed by atoms with Gasteiger partial charge in [0.15, 0.2) is 4.96 Å². The van der Waals surface area contributed by atoms with Gasteiger partial charge in [0.05, 0.1) is 17.5 Å². The maximum Gasteiger partial charge on any atom is 0.322 e. The van der Waals surface area contributed by atoms with Crippen LogP contribution in [0.1, 0.15) is 24.1 Å². The summed E-state index contributed by atoms with van der Waals surface area (Å²) in [7, 11) is 0. The molecule has 0 spiro atoms. The Morgan fingerprint density at radius 2 is 2.09 bits per heavy atom. The second-order valence-corrected chi connectivity index (χ2v) is 9.59. The summed E-state index contributed by atoms with van der Waals surface area (Å²) in [5.74, 6) is -1.50. The van der Waals surface area contributed by atoms with Crippen LogP contribution in [0.5, 0.6) is 0 Å². The molecule has 9 heteroatoms. The van der Waals surface area contributed by atoms with E-state index in [1.165, 1.54) is 11.6 Å². The molecule has 5 rings (SSSR count). The van der Waals surface area contributed by atoms with Crippen molar-refractivity contribution in [2.45, 2.75) is 32.3 Å². The predicted octanol–water partition coefficient (Wildman–Crippen LogP) is 5.91. The number of hydrogen-bond donors (Lipinski definition) is 1. The molecule has 1 aliphatic heterocycles. The fourth-order valence-electron chi connectivity index (χ4n) is 4.22. The summed E-state index contributed by atoms with van der Waals surface area (Å²) in [4.78, 5) is 20.3. The number of anilines is 1. The lowest BCUT2D eigenvalue weighted by atomic mass is 10.1. The fraction of sp³-hybridized carbons (Fsp3) is 0.308. The largest absolute Gasteiger partial charge is 0.376 e. The topological polar surface area (TPSA) is 58.9 Å². The van der Waals surface area contributed by atoms with Crippen molar-refractivity contribution in [3.63, 3.8) is 0 Å². The molecule has 1 fully saturated rings. The van der Waals surface area contributed by atoms with Crippen LogP contribution in [-0.4, -0.2) is 46.1 Å². The Kier molecular flexibility index (Phi) is 6.79. The van der Waals surface area contributed by atoms with Crippen LogP contribution in [-0.2, 0) is 11.2 Å². The van der Waals surface area contributed by atoms with Crippen molar-refractivity contribution in [3.05, 3.63) is 76.9 Å². The minimum absolute atomic E-state index is 0.0518. The first kappa shape index (κ1) is 23.4. The van der Waals surface area contributed by atoms with Crippen LogP contribution in [0.15, 0.2) is 54.0 Å². The first-order valence-electron chi connectivity index (χ1n) is 11.6. The number of carbonyl (C=O) groups excluding carboxylic acids is 1. The summed E-state index contributed by atoms with van der Waals surface area (Å²) < 4.78 is 35.2. The Bertz CT molecular complexity index is 1330. The van der Waals surface area contributed by atoms with Gasteiger partial charge in [-0.25, -0.2) is 18.6 Å². The van der Waals surface area contributed by atoms with Crippen LogP contribution in [0.25, 0.3) is 16.2 Å². The molecule has 1 N–H and O–H groups in total. The number of fused-ring (bicyclic) bond motifs is 1. The number of thiazole rings is 1. The second kappa shape index (κ2) is 10.1. The van der Waals surface area contributed by atoms with Gasteiger partial charge >= 0.3 is 6.03 Å². The van der Waals surface area contributed by atoms with Crippen LogP contribution >= 0.6 is 11.3 Å². The summed E-state index contributed by atoms with van der Waals surface area (Å²) in [6.45, 7) is 3.55. The number of carbonyl (C=O) groups is 1. The van der Waals surface area contributed by atoms with Crippen LogP contribution in [0.2, 0.25) is 0 Å². The molecule has 1 saturated heterocycles. The predicted molar refractivity (Wildman–Crippen MR) is 133 cm³/mol. The highest BCUT2D eigenvalue weighted by Crippen LogP contribution is 2.25. The van der Waals surface area contributed by atoms with Gasteiger partial charge in [0, 0.05) is 55.0 Å². The zero-order valence-electron chi connectivity index (χ0n) is 19.3. The molecule has 182 valence electrons. The highest BCUT2D eigenvalue weighted by Gasteiger charge is 2.24. The highest BCUT2D eigenvalue weighted by molar-refractivity contribution is 7.15. The van der Waals surface area contributed by atoms with E-state index in [2.05, 4.69) is 40.9 Å². The zero-order valence-corrected chi connectivity index (χ0v) is 20.2. The molecule has 2 aromatic carbocycles. The molecule has 4 aromatic rings. The van der Waals surface area contributed by atoms with Gasteiger partial charge in [-0.05, 0) is 31.9 Å². The smallest absolute Gasteiger partial charge is 0.322 e. The molecule has 2 aromatic heterocycles. The van der Waals surface area contributed by atoms with Crippen LogP contribution in [0, 0.1) is 18.6 Å². The number of aromatic nitrogens is 2. The third-order valence-corrected chi connectivity index (χ3v) is 7.07. The van der Waals surface area contributed by atoms with E-state index in [0.717, 1.165) is 46.9 Å². The minimum Gasteiger partial charge on any atom is -0.376 e. The van der Waals surface area contributed by atoms with Gasteiger partial charge in [0.1, 0.15) is 11.6 Å². The Hall–Kier alpha value is -3.30. The average Bonchev–Trinajstić information content (AvgIpc) is 3.57. The van der Waals surface area contributed by atoms with E-state index >= 15 is 0 Å². The second-order valence-electron chi connectivity index (χ2n) is 8.76. The molecule has 35 heavy (non-hydrogen) atoms. The summed E-state index contributed by atoms with van der Waals surface area (Å²) in [6.07, 6.45) is 4.38. The Morgan fingerprint density at radius 1 is 1.26 bits per heavy atom.